The van der Waals surface area contributed by atoms with Crippen LogP contribution in [0, 0.1) is 5.82 Å². The van der Waals surface area contributed by atoms with Gasteiger partial charge in [0.1, 0.15) is 6.61 Å². The van der Waals surface area contributed by atoms with Crippen LogP contribution in [0.4, 0.5) is 4.39 Å². The van der Waals surface area contributed by atoms with Crippen LogP contribution in [-0.4, -0.2) is 37.7 Å². The van der Waals surface area contributed by atoms with Crippen molar-refractivity contribution in [2.75, 3.05) is 32.8 Å². The van der Waals surface area contributed by atoms with Crippen LogP contribution in [0.5, 0.6) is 5.75 Å². The van der Waals surface area contributed by atoms with Crippen LogP contribution in [0.3, 0.4) is 0 Å². The van der Waals surface area contributed by atoms with E-state index in [0.29, 0.717) is 18.9 Å². The minimum Gasteiger partial charge on any atom is -0.489 e. The van der Waals surface area contributed by atoms with Gasteiger partial charge in [-0.25, -0.2) is 4.39 Å². The molecule has 4 heteroatoms. The highest BCUT2D eigenvalue weighted by Crippen LogP contribution is 2.22. The summed E-state index contributed by atoms with van der Waals surface area (Å²) >= 11 is 0. The molecule has 1 N–H and O–H groups in total. The predicted molar refractivity (Wildman–Crippen MR) is 79.6 cm³/mol. The molecule has 1 aliphatic rings. The SMILES string of the molecule is CCNCc1cccc(F)c1OCCN1CCCCC1. The van der Waals surface area contributed by atoms with Gasteiger partial charge >= 0.3 is 0 Å². The number of rotatable bonds is 7. The molecular weight excluding hydrogens is 255 g/mol. The van der Waals surface area contributed by atoms with Crippen LogP contribution in [0.1, 0.15) is 31.7 Å². The first-order valence-corrected chi connectivity index (χ1v) is 7.64. The molecule has 1 aliphatic heterocycles. The molecule has 0 bridgehead atoms. The summed E-state index contributed by atoms with van der Waals surface area (Å²) in [4.78, 5) is 2.40. The van der Waals surface area contributed by atoms with Gasteiger partial charge in [-0.1, -0.05) is 25.5 Å². The monoisotopic (exact) mass is 280 g/mol. The zero-order chi connectivity index (χ0) is 14.2. The van der Waals surface area contributed by atoms with Crippen LogP contribution in [0.2, 0.25) is 0 Å². The molecule has 0 radical (unpaired) electrons. The first-order chi connectivity index (χ1) is 9.81. The summed E-state index contributed by atoms with van der Waals surface area (Å²) in [6, 6.07) is 5.12. The Morgan fingerprint density at radius 1 is 1.25 bits per heavy atom. The average molecular weight is 280 g/mol. The minimum atomic E-state index is -0.265. The van der Waals surface area contributed by atoms with Crippen molar-refractivity contribution < 1.29 is 9.13 Å². The largest absolute Gasteiger partial charge is 0.489 e. The maximum atomic E-state index is 13.9. The lowest BCUT2D eigenvalue weighted by atomic mass is 10.1. The van der Waals surface area contributed by atoms with Gasteiger partial charge in [0.25, 0.3) is 0 Å². The maximum Gasteiger partial charge on any atom is 0.165 e. The number of likely N-dealkylation sites (tertiary alicyclic amines) is 1. The molecule has 0 unspecified atom stereocenters. The number of hydrogen-bond acceptors (Lipinski definition) is 3. The summed E-state index contributed by atoms with van der Waals surface area (Å²) in [7, 11) is 0. The molecule has 1 aromatic carbocycles. The molecule has 1 fully saturated rings. The summed E-state index contributed by atoms with van der Waals surface area (Å²) in [6.07, 6.45) is 3.87. The number of para-hydroxylation sites is 1. The van der Waals surface area contributed by atoms with Gasteiger partial charge in [-0.2, -0.15) is 0 Å². The first-order valence-electron chi connectivity index (χ1n) is 7.64. The minimum absolute atomic E-state index is 0.265. The number of hydrogen-bond donors (Lipinski definition) is 1. The Labute approximate surface area is 121 Å². The van der Waals surface area contributed by atoms with Crippen molar-refractivity contribution in [2.24, 2.45) is 0 Å². The van der Waals surface area contributed by atoms with Crippen LogP contribution >= 0.6 is 0 Å². The molecule has 0 amide bonds. The summed E-state index contributed by atoms with van der Waals surface area (Å²) < 4.78 is 19.6. The van der Waals surface area contributed by atoms with Gasteiger partial charge in [-0.3, -0.25) is 4.90 Å². The Bertz CT molecular complexity index is 405. The van der Waals surface area contributed by atoms with Crippen molar-refractivity contribution in [3.05, 3.63) is 29.6 Å². The smallest absolute Gasteiger partial charge is 0.165 e. The van der Waals surface area contributed by atoms with Crippen molar-refractivity contribution in [3.63, 3.8) is 0 Å². The van der Waals surface area contributed by atoms with Crippen LogP contribution < -0.4 is 10.1 Å². The Morgan fingerprint density at radius 2 is 2.05 bits per heavy atom. The third-order valence-electron chi connectivity index (χ3n) is 3.72. The molecule has 112 valence electrons. The first kappa shape index (κ1) is 15.3. The molecule has 3 nitrogen and oxygen atoms in total. The molecule has 0 aliphatic carbocycles. The summed E-state index contributed by atoms with van der Waals surface area (Å²) in [5.41, 5.74) is 0.894. The van der Waals surface area contributed by atoms with E-state index in [-0.39, 0.29) is 5.82 Å². The predicted octanol–water partition coefficient (Wildman–Crippen LogP) is 2.80. The molecule has 2 rings (SSSR count). The molecule has 0 atom stereocenters. The van der Waals surface area contributed by atoms with Gasteiger partial charge in [0.15, 0.2) is 11.6 Å². The average Bonchev–Trinajstić information content (AvgIpc) is 2.48. The Balaban J connectivity index is 1.87. The van der Waals surface area contributed by atoms with E-state index in [1.807, 2.05) is 13.0 Å². The van der Waals surface area contributed by atoms with Crippen molar-refractivity contribution in [1.82, 2.24) is 10.2 Å². The van der Waals surface area contributed by atoms with Gasteiger partial charge in [0, 0.05) is 18.7 Å². The van der Waals surface area contributed by atoms with Crippen molar-refractivity contribution >= 4 is 0 Å². The zero-order valence-electron chi connectivity index (χ0n) is 12.3. The number of piperidine rings is 1. The summed E-state index contributed by atoms with van der Waals surface area (Å²) in [5.74, 6) is 0.143. The molecule has 1 heterocycles. The van der Waals surface area contributed by atoms with Gasteiger partial charge in [-0.15, -0.1) is 0 Å². The second kappa shape index (κ2) is 8.22. The molecule has 1 saturated heterocycles. The quantitative estimate of drug-likeness (QED) is 0.831. The second-order valence-corrected chi connectivity index (χ2v) is 5.26. The third-order valence-corrected chi connectivity index (χ3v) is 3.72. The van der Waals surface area contributed by atoms with Gasteiger partial charge < -0.3 is 10.1 Å². The van der Waals surface area contributed by atoms with E-state index in [0.717, 1.165) is 31.7 Å². The normalized spacial score (nSPS) is 16.3. The van der Waals surface area contributed by atoms with E-state index >= 15 is 0 Å². The van der Waals surface area contributed by atoms with Crippen molar-refractivity contribution in [1.29, 1.82) is 0 Å². The Morgan fingerprint density at radius 3 is 2.80 bits per heavy atom. The number of halogens is 1. The highest BCUT2D eigenvalue weighted by molar-refractivity contribution is 5.34. The fourth-order valence-electron chi connectivity index (χ4n) is 2.57. The van der Waals surface area contributed by atoms with E-state index in [4.69, 9.17) is 4.74 Å². The van der Waals surface area contributed by atoms with Gasteiger partial charge in [0.2, 0.25) is 0 Å². The van der Waals surface area contributed by atoms with Gasteiger partial charge in [-0.05, 0) is 38.5 Å². The Kier molecular flexibility index (Phi) is 6.27. The lowest BCUT2D eigenvalue weighted by Gasteiger charge is -2.26. The highest BCUT2D eigenvalue weighted by atomic mass is 19.1. The number of benzene rings is 1. The standard InChI is InChI=1S/C16H25FN2O/c1-2-18-13-14-7-6-8-15(17)16(14)20-12-11-19-9-4-3-5-10-19/h6-8,18H,2-5,9-13H2,1H3. The second-order valence-electron chi connectivity index (χ2n) is 5.26. The van der Waals surface area contributed by atoms with Gasteiger partial charge in [0.05, 0.1) is 0 Å². The zero-order valence-corrected chi connectivity index (χ0v) is 12.3. The van der Waals surface area contributed by atoms with Crippen molar-refractivity contribution in [3.8, 4) is 5.75 Å². The fraction of sp³-hybridized carbons (Fsp3) is 0.625. The van der Waals surface area contributed by atoms with E-state index in [1.165, 1.54) is 25.3 Å². The highest BCUT2D eigenvalue weighted by Gasteiger charge is 2.12. The molecule has 0 saturated carbocycles. The maximum absolute atomic E-state index is 13.9. The van der Waals surface area contributed by atoms with Crippen LogP contribution in [0.25, 0.3) is 0 Å². The topological polar surface area (TPSA) is 24.5 Å². The van der Waals surface area contributed by atoms with E-state index in [9.17, 15) is 4.39 Å². The van der Waals surface area contributed by atoms with Crippen molar-refractivity contribution in [2.45, 2.75) is 32.7 Å². The van der Waals surface area contributed by atoms with Crippen LogP contribution in [0.15, 0.2) is 18.2 Å². The van der Waals surface area contributed by atoms with E-state index < -0.39 is 0 Å². The fourth-order valence-corrected chi connectivity index (χ4v) is 2.57. The molecule has 0 aromatic heterocycles. The number of ether oxygens (including phenoxy) is 1. The molecule has 0 spiro atoms. The van der Waals surface area contributed by atoms with Crippen LogP contribution in [-0.2, 0) is 6.54 Å². The van der Waals surface area contributed by atoms with E-state index in [1.54, 1.807) is 6.07 Å². The lowest BCUT2D eigenvalue weighted by molar-refractivity contribution is 0.179. The summed E-state index contributed by atoms with van der Waals surface area (Å²) in [6.45, 7) is 7.28. The molecule has 1 aromatic rings. The molecular formula is C16H25FN2O. The lowest BCUT2D eigenvalue weighted by Crippen LogP contribution is -2.33. The number of nitrogens with zero attached hydrogens (tertiary/aromatic N) is 1. The number of nitrogens with one attached hydrogen (secondary N) is 1. The molecule has 20 heavy (non-hydrogen) atoms. The van der Waals surface area contributed by atoms with E-state index in [2.05, 4.69) is 10.2 Å². The summed E-state index contributed by atoms with van der Waals surface area (Å²) in [5, 5.41) is 3.21. The Hall–Kier alpha value is -1.13. The third kappa shape index (κ3) is 4.46.